The fourth-order valence-corrected chi connectivity index (χ4v) is 4.14. The second-order valence-corrected chi connectivity index (χ2v) is 8.14. The van der Waals surface area contributed by atoms with E-state index in [2.05, 4.69) is 10.2 Å². The number of primary amides is 1. The zero-order valence-electron chi connectivity index (χ0n) is 15.5. The number of nitrogens with one attached hydrogen (secondary N) is 1. The summed E-state index contributed by atoms with van der Waals surface area (Å²) in [5.41, 5.74) is 5.81. The Bertz CT molecular complexity index is 774. The predicted molar refractivity (Wildman–Crippen MR) is 107 cm³/mol. The molecule has 2 aliphatic rings. The predicted octanol–water partition coefficient (Wildman–Crippen LogP) is 1.52. The molecular formula is C19H24Cl2N4O3. The number of hydrogen-bond acceptors (Lipinski definition) is 4. The van der Waals surface area contributed by atoms with Gasteiger partial charge in [-0.3, -0.25) is 19.3 Å². The largest absolute Gasteiger partial charge is 0.369 e. The van der Waals surface area contributed by atoms with E-state index in [1.54, 1.807) is 17.0 Å². The number of nitrogens with zero attached hydrogens (tertiary/aromatic N) is 2. The minimum atomic E-state index is -0.372. The molecule has 0 aliphatic carbocycles. The molecule has 1 aromatic rings. The summed E-state index contributed by atoms with van der Waals surface area (Å²) in [5.74, 6) is -0.855. The van der Waals surface area contributed by atoms with Crippen molar-refractivity contribution in [2.45, 2.75) is 25.3 Å². The average molecular weight is 427 g/mol. The smallest absolute Gasteiger partial charge is 0.251 e. The highest BCUT2D eigenvalue weighted by Crippen LogP contribution is 2.24. The van der Waals surface area contributed by atoms with Crippen molar-refractivity contribution in [3.63, 3.8) is 0 Å². The number of rotatable bonds is 5. The van der Waals surface area contributed by atoms with Crippen LogP contribution in [0.2, 0.25) is 10.0 Å². The molecule has 3 N–H and O–H groups in total. The van der Waals surface area contributed by atoms with Gasteiger partial charge in [-0.2, -0.15) is 0 Å². The van der Waals surface area contributed by atoms with Gasteiger partial charge in [0, 0.05) is 31.2 Å². The van der Waals surface area contributed by atoms with Crippen LogP contribution in [-0.2, 0) is 9.59 Å². The Hall–Kier alpha value is -1.83. The van der Waals surface area contributed by atoms with E-state index in [0.29, 0.717) is 35.2 Å². The summed E-state index contributed by atoms with van der Waals surface area (Å²) in [6, 6.07) is 4.81. The van der Waals surface area contributed by atoms with Crippen LogP contribution in [0.25, 0.3) is 0 Å². The normalized spacial score (nSPS) is 22.9. The van der Waals surface area contributed by atoms with E-state index in [9.17, 15) is 14.4 Å². The van der Waals surface area contributed by atoms with Crippen molar-refractivity contribution >= 4 is 40.9 Å². The SMILES string of the molecule is NC(=O)C1CCCN(C2CCN(C(=O)CNC(=O)c3ccc(Cl)c(Cl)c3)C2)C1. The molecule has 2 aliphatic heterocycles. The van der Waals surface area contributed by atoms with E-state index in [0.717, 1.165) is 25.8 Å². The number of hydrogen-bond donors (Lipinski definition) is 2. The van der Waals surface area contributed by atoms with E-state index in [4.69, 9.17) is 28.9 Å². The Labute approximate surface area is 174 Å². The highest BCUT2D eigenvalue weighted by molar-refractivity contribution is 6.42. The lowest BCUT2D eigenvalue weighted by atomic mass is 9.96. The number of carbonyl (C=O) groups is 3. The number of piperidine rings is 1. The van der Waals surface area contributed by atoms with Crippen molar-refractivity contribution < 1.29 is 14.4 Å². The van der Waals surface area contributed by atoms with Gasteiger partial charge in [0.1, 0.15) is 0 Å². The van der Waals surface area contributed by atoms with Gasteiger partial charge in [-0.15, -0.1) is 0 Å². The van der Waals surface area contributed by atoms with E-state index < -0.39 is 0 Å². The molecular weight excluding hydrogens is 403 g/mol. The molecule has 3 rings (SSSR count). The van der Waals surface area contributed by atoms with Crippen LogP contribution in [0.15, 0.2) is 18.2 Å². The molecule has 0 radical (unpaired) electrons. The lowest BCUT2D eigenvalue weighted by molar-refractivity contribution is -0.129. The lowest BCUT2D eigenvalue weighted by Crippen LogP contribution is -2.47. The molecule has 2 saturated heterocycles. The summed E-state index contributed by atoms with van der Waals surface area (Å²) in [5, 5.41) is 3.29. The van der Waals surface area contributed by atoms with Gasteiger partial charge in [-0.25, -0.2) is 0 Å². The van der Waals surface area contributed by atoms with Gasteiger partial charge in [-0.05, 0) is 44.0 Å². The molecule has 152 valence electrons. The third kappa shape index (κ3) is 4.96. The summed E-state index contributed by atoms with van der Waals surface area (Å²) < 4.78 is 0. The van der Waals surface area contributed by atoms with Crippen LogP contribution in [-0.4, -0.2) is 66.3 Å². The number of halogens is 2. The summed E-state index contributed by atoms with van der Waals surface area (Å²) in [6.07, 6.45) is 2.64. The molecule has 0 spiro atoms. The van der Waals surface area contributed by atoms with Gasteiger partial charge in [-0.1, -0.05) is 23.2 Å². The Morgan fingerprint density at radius 3 is 2.61 bits per heavy atom. The number of benzene rings is 1. The van der Waals surface area contributed by atoms with Crippen LogP contribution < -0.4 is 11.1 Å². The first-order chi connectivity index (χ1) is 13.3. The molecule has 1 aromatic carbocycles. The van der Waals surface area contributed by atoms with Gasteiger partial charge in [0.05, 0.1) is 22.5 Å². The standard InChI is InChI=1S/C19H24Cl2N4O3/c20-15-4-3-12(8-16(15)21)19(28)23-9-17(26)25-7-5-14(11-25)24-6-1-2-13(10-24)18(22)27/h3-4,8,13-14H,1-2,5-7,9-11H2,(H2,22,27)(H,23,28). The van der Waals surface area contributed by atoms with Gasteiger partial charge >= 0.3 is 0 Å². The summed E-state index contributed by atoms with van der Waals surface area (Å²) in [7, 11) is 0. The third-order valence-corrected chi connectivity index (χ3v) is 6.21. The summed E-state index contributed by atoms with van der Waals surface area (Å²) >= 11 is 11.8. The monoisotopic (exact) mass is 426 g/mol. The van der Waals surface area contributed by atoms with Crippen LogP contribution in [0.5, 0.6) is 0 Å². The maximum absolute atomic E-state index is 12.5. The zero-order valence-corrected chi connectivity index (χ0v) is 17.0. The first kappa shape index (κ1) is 20.9. The second-order valence-electron chi connectivity index (χ2n) is 7.33. The van der Waals surface area contributed by atoms with Crippen molar-refractivity contribution in [2.24, 2.45) is 11.7 Å². The fraction of sp³-hybridized carbons (Fsp3) is 0.526. The maximum Gasteiger partial charge on any atom is 0.251 e. The van der Waals surface area contributed by atoms with E-state index >= 15 is 0 Å². The molecule has 2 fully saturated rings. The highest BCUT2D eigenvalue weighted by atomic mass is 35.5. The van der Waals surface area contributed by atoms with Crippen molar-refractivity contribution in [3.8, 4) is 0 Å². The van der Waals surface area contributed by atoms with E-state index in [1.165, 1.54) is 6.07 Å². The van der Waals surface area contributed by atoms with E-state index in [-0.39, 0.29) is 36.2 Å². The Morgan fingerprint density at radius 1 is 1.11 bits per heavy atom. The first-order valence-electron chi connectivity index (χ1n) is 9.39. The fourth-order valence-electron chi connectivity index (χ4n) is 3.84. The molecule has 9 heteroatoms. The topological polar surface area (TPSA) is 95.7 Å². The van der Waals surface area contributed by atoms with Crippen LogP contribution in [0.3, 0.4) is 0 Å². The average Bonchev–Trinajstić information content (AvgIpc) is 3.18. The maximum atomic E-state index is 12.5. The van der Waals surface area contributed by atoms with Crippen LogP contribution in [0.4, 0.5) is 0 Å². The third-order valence-electron chi connectivity index (χ3n) is 5.47. The Morgan fingerprint density at radius 2 is 1.89 bits per heavy atom. The number of nitrogens with two attached hydrogens (primary N) is 1. The summed E-state index contributed by atoms with van der Waals surface area (Å²) in [4.78, 5) is 40.2. The number of amides is 3. The Balaban J connectivity index is 1.48. The Kier molecular flexibility index (Phi) is 6.80. The van der Waals surface area contributed by atoms with Gasteiger partial charge in [0.15, 0.2) is 0 Å². The lowest BCUT2D eigenvalue weighted by Gasteiger charge is -2.35. The van der Waals surface area contributed by atoms with Crippen LogP contribution in [0, 0.1) is 5.92 Å². The molecule has 0 aromatic heterocycles. The van der Waals surface area contributed by atoms with Crippen molar-refractivity contribution in [2.75, 3.05) is 32.7 Å². The molecule has 2 atom stereocenters. The van der Waals surface area contributed by atoms with Crippen LogP contribution in [0.1, 0.15) is 29.6 Å². The number of carbonyl (C=O) groups excluding carboxylic acids is 3. The quantitative estimate of drug-likeness (QED) is 0.745. The summed E-state index contributed by atoms with van der Waals surface area (Å²) in [6.45, 7) is 2.76. The van der Waals surface area contributed by atoms with E-state index in [1.807, 2.05) is 0 Å². The van der Waals surface area contributed by atoms with Gasteiger partial charge in [0.25, 0.3) is 5.91 Å². The molecule has 28 heavy (non-hydrogen) atoms. The molecule has 0 saturated carbocycles. The van der Waals surface area contributed by atoms with Gasteiger partial charge in [0.2, 0.25) is 11.8 Å². The van der Waals surface area contributed by atoms with Crippen molar-refractivity contribution in [1.82, 2.24) is 15.1 Å². The zero-order chi connectivity index (χ0) is 20.3. The second kappa shape index (κ2) is 9.11. The first-order valence-corrected chi connectivity index (χ1v) is 10.1. The van der Waals surface area contributed by atoms with Gasteiger partial charge < -0.3 is 16.0 Å². The molecule has 2 heterocycles. The molecule has 2 unspecified atom stereocenters. The molecule has 3 amide bonds. The highest BCUT2D eigenvalue weighted by Gasteiger charge is 2.34. The minimum absolute atomic E-state index is 0.0737. The molecule has 7 nitrogen and oxygen atoms in total. The van der Waals surface area contributed by atoms with Crippen molar-refractivity contribution in [3.05, 3.63) is 33.8 Å². The van der Waals surface area contributed by atoms with Crippen molar-refractivity contribution in [1.29, 1.82) is 0 Å². The number of likely N-dealkylation sites (tertiary alicyclic amines) is 2. The molecule has 0 bridgehead atoms. The van der Waals surface area contributed by atoms with Crippen LogP contribution >= 0.6 is 23.2 Å². The minimum Gasteiger partial charge on any atom is -0.369 e.